The number of nitrogens with one attached hydrogen (secondary N) is 1. The summed E-state index contributed by atoms with van der Waals surface area (Å²) in [6.45, 7) is 3.43. The van der Waals surface area contributed by atoms with Gasteiger partial charge in [-0.2, -0.15) is 0 Å². The molecule has 5 heteroatoms. The van der Waals surface area contributed by atoms with Crippen molar-refractivity contribution < 1.29 is 4.79 Å². The second kappa shape index (κ2) is 4.02. The summed E-state index contributed by atoms with van der Waals surface area (Å²) in [6.07, 6.45) is 3.96. The van der Waals surface area contributed by atoms with E-state index in [1.165, 1.54) is 22.3 Å². The summed E-state index contributed by atoms with van der Waals surface area (Å²) in [5.41, 5.74) is 6.73. The first-order chi connectivity index (χ1) is 7.19. The van der Waals surface area contributed by atoms with E-state index in [1.807, 2.05) is 0 Å². The fourth-order valence-corrected chi connectivity index (χ4v) is 2.74. The third-order valence-electron chi connectivity index (χ3n) is 2.49. The van der Waals surface area contributed by atoms with Gasteiger partial charge in [-0.3, -0.25) is 4.79 Å². The Hall–Kier alpha value is -1.36. The van der Waals surface area contributed by atoms with E-state index in [2.05, 4.69) is 16.9 Å². The Balaban J connectivity index is 2.05. The third-order valence-corrected chi connectivity index (χ3v) is 3.44. The van der Waals surface area contributed by atoms with E-state index in [9.17, 15) is 4.79 Å². The van der Waals surface area contributed by atoms with Crippen LogP contribution in [0.15, 0.2) is 12.7 Å². The first-order valence-corrected chi connectivity index (χ1v) is 5.67. The van der Waals surface area contributed by atoms with Crippen LogP contribution in [0.3, 0.4) is 0 Å². The number of rotatable bonds is 2. The van der Waals surface area contributed by atoms with Crippen LogP contribution in [0.2, 0.25) is 0 Å². The van der Waals surface area contributed by atoms with Gasteiger partial charge in [0.15, 0.2) is 5.13 Å². The topological polar surface area (TPSA) is 68.0 Å². The second-order valence-corrected chi connectivity index (χ2v) is 4.69. The predicted octanol–water partition coefficient (Wildman–Crippen LogP) is 0.885. The number of carbonyl (C=O) groups excluding carboxylic acids is 1. The molecule has 0 aromatic carbocycles. The molecule has 1 aromatic rings. The number of thiazole rings is 1. The summed E-state index contributed by atoms with van der Waals surface area (Å²) < 4.78 is 0. The average Bonchev–Trinajstić information content (AvgIpc) is 2.57. The van der Waals surface area contributed by atoms with E-state index in [4.69, 9.17) is 5.73 Å². The first kappa shape index (κ1) is 10.2. The van der Waals surface area contributed by atoms with E-state index in [1.54, 1.807) is 0 Å². The number of nitrogens with two attached hydrogens (primary N) is 1. The lowest BCUT2D eigenvalue weighted by Gasteiger charge is -2.21. The highest BCUT2D eigenvalue weighted by Gasteiger charge is 2.22. The Labute approximate surface area is 92.2 Å². The SMILES string of the molecule is C=CC(=O)NC1CCc2nc(N)sc2C1. The van der Waals surface area contributed by atoms with Gasteiger partial charge in [0.1, 0.15) is 0 Å². The molecule has 4 nitrogen and oxygen atoms in total. The van der Waals surface area contributed by atoms with Crippen molar-refractivity contribution in [2.75, 3.05) is 5.73 Å². The van der Waals surface area contributed by atoms with Gasteiger partial charge in [0, 0.05) is 17.3 Å². The number of fused-ring (bicyclic) bond motifs is 1. The Morgan fingerprint density at radius 1 is 1.73 bits per heavy atom. The molecule has 1 unspecified atom stereocenters. The van der Waals surface area contributed by atoms with Gasteiger partial charge in [-0.05, 0) is 18.9 Å². The number of aryl methyl sites for hydroxylation is 1. The minimum Gasteiger partial charge on any atom is -0.375 e. The Kier molecular flexibility index (Phi) is 2.73. The Morgan fingerprint density at radius 2 is 2.53 bits per heavy atom. The van der Waals surface area contributed by atoms with Gasteiger partial charge in [0.25, 0.3) is 0 Å². The number of carbonyl (C=O) groups is 1. The second-order valence-electron chi connectivity index (χ2n) is 3.57. The van der Waals surface area contributed by atoms with Crippen molar-refractivity contribution in [2.24, 2.45) is 0 Å². The van der Waals surface area contributed by atoms with Crippen molar-refractivity contribution in [1.29, 1.82) is 0 Å². The molecule has 0 radical (unpaired) electrons. The molecule has 1 amide bonds. The zero-order valence-electron chi connectivity index (χ0n) is 8.32. The van der Waals surface area contributed by atoms with Gasteiger partial charge in [0.05, 0.1) is 5.69 Å². The molecular formula is C10H13N3OS. The number of aromatic nitrogens is 1. The lowest BCUT2D eigenvalue weighted by molar-refractivity contribution is -0.117. The number of amides is 1. The van der Waals surface area contributed by atoms with Crippen LogP contribution in [0.25, 0.3) is 0 Å². The molecule has 1 aliphatic carbocycles. The Morgan fingerprint density at radius 3 is 3.27 bits per heavy atom. The highest BCUT2D eigenvalue weighted by atomic mass is 32.1. The van der Waals surface area contributed by atoms with E-state index in [0.29, 0.717) is 5.13 Å². The molecule has 0 spiro atoms. The van der Waals surface area contributed by atoms with Crippen LogP contribution in [0.4, 0.5) is 5.13 Å². The molecule has 0 aliphatic heterocycles. The summed E-state index contributed by atoms with van der Waals surface area (Å²) in [6, 6.07) is 0.197. The molecule has 0 saturated heterocycles. The molecule has 1 aliphatic rings. The molecule has 3 N–H and O–H groups in total. The largest absolute Gasteiger partial charge is 0.375 e. The quantitative estimate of drug-likeness (QED) is 0.731. The highest BCUT2D eigenvalue weighted by molar-refractivity contribution is 7.15. The lowest BCUT2D eigenvalue weighted by atomic mass is 9.98. The zero-order chi connectivity index (χ0) is 10.8. The number of nitrogen functional groups attached to an aromatic ring is 1. The molecule has 1 aromatic heterocycles. The molecule has 0 saturated carbocycles. The minimum atomic E-state index is -0.110. The maximum Gasteiger partial charge on any atom is 0.243 e. The number of hydrogen-bond acceptors (Lipinski definition) is 4. The predicted molar refractivity (Wildman–Crippen MR) is 60.7 cm³/mol. The molecule has 1 heterocycles. The molecule has 2 rings (SSSR count). The minimum absolute atomic E-state index is 0.110. The zero-order valence-corrected chi connectivity index (χ0v) is 9.14. The number of anilines is 1. The van der Waals surface area contributed by atoms with Crippen LogP contribution < -0.4 is 11.1 Å². The number of nitrogens with zero attached hydrogens (tertiary/aromatic N) is 1. The van der Waals surface area contributed by atoms with Gasteiger partial charge in [0.2, 0.25) is 5.91 Å². The fraction of sp³-hybridized carbons (Fsp3) is 0.400. The van der Waals surface area contributed by atoms with E-state index >= 15 is 0 Å². The molecule has 1 atom stereocenters. The lowest BCUT2D eigenvalue weighted by Crippen LogP contribution is -2.37. The molecular weight excluding hydrogens is 210 g/mol. The summed E-state index contributed by atoms with van der Waals surface area (Å²) in [7, 11) is 0. The van der Waals surface area contributed by atoms with Gasteiger partial charge in [-0.25, -0.2) is 4.98 Å². The van der Waals surface area contributed by atoms with Crippen molar-refractivity contribution in [3.63, 3.8) is 0 Å². The van der Waals surface area contributed by atoms with Crippen LogP contribution in [0.5, 0.6) is 0 Å². The van der Waals surface area contributed by atoms with Gasteiger partial charge >= 0.3 is 0 Å². The van der Waals surface area contributed by atoms with Gasteiger partial charge < -0.3 is 11.1 Å². The van der Waals surface area contributed by atoms with E-state index < -0.39 is 0 Å². The maximum atomic E-state index is 11.1. The summed E-state index contributed by atoms with van der Waals surface area (Å²) in [5, 5.41) is 3.52. The van der Waals surface area contributed by atoms with Crippen LogP contribution in [0, 0.1) is 0 Å². The summed E-state index contributed by atoms with van der Waals surface area (Å²) in [4.78, 5) is 16.6. The van der Waals surface area contributed by atoms with Crippen molar-refractivity contribution in [1.82, 2.24) is 10.3 Å². The Bertz CT molecular complexity index is 399. The first-order valence-electron chi connectivity index (χ1n) is 4.86. The van der Waals surface area contributed by atoms with E-state index in [-0.39, 0.29) is 11.9 Å². The summed E-state index contributed by atoms with van der Waals surface area (Å²) >= 11 is 1.52. The molecule has 80 valence electrons. The third kappa shape index (κ3) is 2.18. The van der Waals surface area contributed by atoms with Crippen LogP contribution in [-0.2, 0) is 17.6 Å². The van der Waals surface area contributed by atoms with E-state index in [0.717, 1.165) is 25.0 Å². The van der Waals surface area contributed by atoms with Gasteiger partial charge in [-0.1, -0.05) is 6.58 Å². The monoisotopic (exact) mass is 223 g/mol. The number of hydrogen-bond donors (Lipinski definition) is 2. The average molecular weight is 223 g/mol. The molecule has 0 fully saturated rings. The smallest absolute Gasteiger partial charge is 0.243 e. The van der Waals surface area contributed by atoms with Crippen LogP contribution in [0.1, 0.15) is 17.0 Å². The molecule has 0 bridgehead atoms. The normalized spacial score (nSPS) is 19.3. The standard InChI is InChI=1S/C10H13N3OS/c1-2-9(14)12-6-3-4-7-8(5-6)15-10(11)13-7/h2,6H,1,3-5H2,(H2,11,13)(H,12,14). The molecule has 15 heavy (non-hydrogen) atoms. The van der Waals surface area contributed by atoms with Crippen molar-refractivity contribution in [3.8, 4) is 0 Å². The highest BCUT2D eigenvalue weighted by Crippen LogP contribution is 2.27. The van der Waals surface area contributed by atoms with Gasteiger partial charge in [-0.15, -0.1) is 11.3 Å². The summed E-state index contributed by atoms with van der Waals surface area (Å²) in [5.74, 6) is -0.110. The van der Waals surface area contributed by atoms with Crippen molar-refractivity contribution in [2.45, 2.75) is 25.3 Å². The fourth-order valence-electron chi connectivity index (χ4n) is 1.78. The van der Waals surface area contributed by atoms with Crippen molar-refractivity contribution >= 4 is 22.4 Å². The maximum absolute atomic E-state index is 11.1. The van der Waals surface area contributed by atoms with Crippen molar-refractivity contribution in [3.05, 3.63) is 23.2 Å². The van der Waals surface area contributed by atoms with Crippen LogP contribution >= 0.6 is 11.3 Å². The van der Waals surface area contributed by atoms with Crippen LogP contribution in [-0.4, -0.2) is 16.9 Å².